The van der Waals surface area contributed by atoms with Gasteiger partial charge in [0.15, 0.2) is 5.13 Å². The monoisotopic (exact) mass is 389 g/mol. The fourth-order valence-electron chi connectivity index (χ4n) is 3.86. The van der Waals surface area contributed by atoms with Crippen LogP contribution in [0.4, 0.5) is 15.6 Å². The van der Waals surface area contributed by atoms with Gasteiger partial charge in [-0.2, -0.15) is 0 Å². The lowest BCUT2D eigenvalue weighted by Gasteiger charge is -2.11. The molecular weight excluding hydrogens is 370 g/mol. The molecule has 0 atom stereocenters. The topological polar surface area (TPSA) is 63.2 Å². The van der Waals surface area contributed by atoms with Crippen LogP contribution in [-0.2, 0) is 12.8 Å². The second-order valence-corrected chi connectivity index (χ2v) is 7.78. The number of anilines is 2. The van der Waals surface area contributed by atoms with Gasteiger partial charge >= 0.3 is 6.03 Å². The first-order valence-corrected chi connectivity index (χ1v) is 10.2. The van der Waals surface area contributed by atoms with Crippen molar-refractivity contribution in [3.8, 4) is 5.75 Å². The van der Waals surface area contributed by atoms with E-state index in [1.54, 1.807) is 0 Å². The molecular formula is C22H19N3O2S. The van der Waals surface area contributed by atoms with E-state index in [-0.39, 0.29) is 6.03 Å². The number of rotatable bonds is 4. The summed E-state index contributed by atoms with van der Waals surface area (Å²) in [5.74, 6) is 0.648. The number of urea groups is 1. The predicted molar refractivity (Wildman–Crippen MR) is 115 cm³/mol. The number of thiazole rings is 1. The number of aromatic nitrogens is 1. The molecule has 0 unspecified atom stereocenters. The Morgan fingerprint density at radius 3 is 2.86 bits per heavy atom. The van der Waals surface area contributed by atoms with Crippen molar-refractivity contribution in [3.63, 3.8) is 0 Å². The third-order valence-electron chi connectivity index (χ3n) is 5.00. The predicted octanol–water partition coefficient (Wildman–Crippen LogP) is 5.59. The van der Waals surface area contributed by atoms with Crippen LogP contribution in [0.1, 0.15) is 18.1 Å². The number of para-hydroxylation sites is 2. The second kappa shape index (κ2) is 6.80. The van der Waals surface area contributed by atoms with Crippen LogP contribution in [-0.4, -0.2) is 17.6 Å². The summed E-state index contributed by atoms with van der Waals surface area (Å²) in [5.41, 5.74) is 4.36. The third kappa shape index (κ3) is 2.86. The molecule has 1 heterocycles. The van der Waals surface area contributed by atoms with Crippen molar-refractivity contribution in [2.45, 2.75) is 19.8 Å². The summed E-state index contributed by atoms with van der Waals surface area (Å²) >= 11 is 1.50. The maximum Gasteiger partial charge on any atom is 0.325 e. The lowest BCUT2D eigenvalue weighted by molar-refractivity contribution is 0.262. The van der Waals surface area contributed by atoms with Crippen LogP contribution in [0.3, 0.4) is 0 Å². The number of aryl methyl sites for hydroxylation is 2. The fraction of sp³-hybridized carbons (Fsp3) is 0.182. The molecule has 0 saturated carbocycles. The second-order valence-electron chi connectivity index (χ2n) is 6.75. The van der Waals surface area contributed by atoms with E-state index < -0.39 is 0 Å². The zero-order valence-electron chi connectivity index (χ0n) is 15.4. The molecule has 1 aromatic heterocycles. The highest BCUT2D eigenvalue weighted by Gasteiger charge is 2.19. The minimum atomic E-state index is -0.330. The zero-order chi connectivity index (χ0) is 19.1. The van der Waals surface area contributed by atoms with Crippen molar-refractivity contribution in [3.05, 3.63) is 59.7 Å². The Morgan fingerprint density at radius 2 is 1.96 bits per heavy atom. The summed E-state index contributed by atoms with van der Waals surface area (Å²) in [6.07, 6.45) is 2.16. The molecule has 2 N–H and O–H groups in total. The highest BCUT2D eigenvalue weighted by Crippen LogP contribution is 2.39. The van der Waals surface area contributed by atoms with E-state index >= 15 is 0 Å². The molecule has 0 radical (unpaired) electrons. The number of benzene rings is 3. The highest BCUT2D eigenvalue weighted by molar-refractivity contribution is 7.22. The maximum atomic E-state index is 12.5. The number of nitrogens with zero attached hydrogens (tertiary/aromatic N) is 1. The van der Waals surface area contributed by atoms with Gasteiger partial charge in [-0.05, 0) is 54.5 Å². The third-order valence-corrected chi connectivity index (χ3v) is 5.92. The van der Waals surface area contributed by atoms with Crippen molar-refractivity contribution < 1.29 is 9.53 Å². The molecule has 0 spiro atoms. The molecule has 0 saturated heterocycles. The van der Waals surface area contributed by atoms with Crippen LogP contribution < -0.4 is 15.4 Å². The number of fused-ring (bicyclic) bond motifs is 2. The molecule has 5 nitrogen and oxygen atoms in total. The highest BCUT2D eigenvalue weighted by atomic mass is 32.1. The molecule has 1 aliphatic carbocycles. The molecule has 0 fully saturated rings. The smallest absolute Gasteiger partial charge is 0.325 e. The van der Waals surface area contributed by atoms with Gasteiger partial charge in [0, 0.05) is 5.39 Å². The number of amides is 2. The van der Waals surface area contributed by atoms with Gasteiger partial charge in [0.1, 0.15) is 5.75 Å². The molecule has 2 amide bonds. The van der Waals surface area contributed by atoms with Crippen LogP contribution in [0.25, 0.3) is 21.0 Å². The van der Waals surface area contributed by atoms with E-state index in [0.29, 0.717) is 23.2 Å². The van der Waals surface area contributed by atoms with Gasteiger partial charge < -0.3 is 10.1 Å². The summed E-state index contributed by atoms with van der Waals surface area (Å²) in [5, 5.41) is 8.82. The first kappa shape index (κ1) is 17.0. The van der Waals surface area contributed by atoms with E-state index in [9.17, 15) is 4.79 Å². The molecule has 1 aliphatic rings. The van der Waals surface area contributed by atoms with E-state index in [4.69, 9.17) is 9.72 Å². The Kier molecular flexibility index (Phi) is 4.13. The number of ether oxygens (including phenoxy) is 1. The minimum Gasteiger partial charge on any atom is -0.492 e. The zero-order valence-corrected chi connectivity index (χ0v) is 16.2. The van der Waals surface area contributed by atoms with Gasteiger partial charge in [0.25, 0.3) is 0 Å². The van der Waals surface area contributed by atoms with Crippen LogP contribution in [0, 0.1) is 0 Å². The number of carbonyl (C=O) groups is 1. The summed E-state index contributed by atoms with van der Waals surface area (Å²) in [6, 6.07) is 15.7. The molecule has 28 heavy (non-hydrogen) atoms. The molecule has 140 valence electrons. The van der Waals surface area contributed by atoms with Crippen molar-refractivity contribution in [2.75, 3.05) is 17.2 Å². The van der Waals surface area contributed by atoms with Gasteiger partial charge in [0.05, 0.1) is 22.5 Å². The summed E-state index contributed by atoms with van der Waals surface area (Å²) < 4.78 is 6.66. The number of hydrogen-bond donors (Lipinski definition) is 2. The lowest BCUT2D eigenvalue weighted by atomic mass is 10.0. The average molecular weight is 389 g/mol. The first-order valence-electron chi connectivity index (χ1n) is 9.37. The quantitative estimate of drug-likeness (QED) is 0.478. The molecule has 3 aromatic carbocycles. The largest absolute Gasteiger partial charge is 0.492 e. The molecule has 6 heteroatoms. The van der Waals surface area contributed by atoms with Crippen LogP contribution in [0.5, 0.6) is 5.75 Å². The molecule has 5 rings (SSSR count). The Morgan fingerprint density at radius 1 is 1.11 bits per heavy atom. The average Bonchev–Trinajstić information content (AvgIpc) is 3.29. The normalized spacial score (nSPS) is 12.5. The summed E-state index contributed by atoms with van der Waals surface area (Å²) in [6.45, 7) is 2.45. The number of nitrogens with one attached hydrogen (secondary N) is 2. The van der Waals surface area contributed by atoms with E-state index in [1.807, 2.05) is 31.2 Å². The number of carbonyl (C=O) groups excluding carboxylic acids is 1. The Labute approximate surface area is 166 Å². The van der Waals surface area contributed by atoms with E-state index in [1.165, 1.54) is 33.2 Å². The Balaban J connectivity index is 1.44. The van der Waals surface area contributed by atoms with Crippen LogP contribution >= 0.6 is 11.3 Å². The summed E-state index contributed by atoms with van der Waals surface area (Å²) in [4.78, 5) is 17.2. The molecule has 0 bridgehead atoms. The first-order chi connectivity index (χ1) is 13.7. The Hall–Kier alpha value is -3.12. The fourth-order valence-corrected chi connectivity index (χ4v) is 4.80. The lowest BCUT2D eigenvalue weighted by Crippen LogP contribution is -2.19. The number of hydrogen-bond acceptors (Lipinski definition) is 4. The van der Waals surface area contributed by atoms with Gasteiger partial charge in [-0.3, -0.25) is 5.32 Å². The van der Waals surface area contributed by atoms with Gasteiger partial charge in [-0.15, -0.1) is 0 Å². The van der Waals surface area contributed by atoms with E-state index in [0.717, 1.165) is 23.1 Å². The van der Waals surface area contributed by atoms with Crippen molar-refractivity contribution in [2.24, 2.45) is 0 Å². The van der Waals surface area contributed by atoms with Gasteiger partial charge in [0.2, 0.25) is 0 Å². The van der Waals surface area contributed by atoms with Crippen LogP contribution in [0.2, 0.25) is 0 Å². The maximum absolute atomic E-state index is 12.5. The van der Waals surface area contributed by atoms with Crippen molar-refractivity contribution >= 4 is 49.2 Å². The van der Waals surface area contributed by atoms with Gasteiger partial charge in [-0.1, -0.05) is 41.7 Å². The van der Waals surface area contributed by atoms with Crippen molar-refractivity contribution in [1.82, 2.24) is 4.98 Å². The molecule has 0 aliphatic heterocycles. The standard InChI is InChI=1S/C22H19N3O2S/c1-2-27-17-9-4-3-8-16(17)23-21(26)25-22-24-20-15-7-5-6-13-10-11-14(19(13)15)12-18(20)28-22/h3-9,12H,2,10-11H2,1H3,(H2,23,24,25,26). The van der Waals surface area contributed by atoms with E-state index in [2.05, 4.69) is 34.9 Å². The summed E-state index contributed by atoms with van der Waals surface area (Å²) in [7, 11) is 0. The van der Waals surface area contributed by atoms with Crippen molar-refractivity contribution in [1.29, 1.82) is 0 Å². The Bertz CT molecular complexity index is 1220. The van der Waals surface area contributed by atoms with Gasteiger partial charge in [-0.25, -0.2) is 9.78 Å². The van der Waals surface area contributed by atoms with Crippen LogP contribution in [0.15, 0.2) is 48.5 Å². The SMILES string of the molecule is CCOc1ccccc1NC(=O)Nc1nc2c(cc3c4c(cccc42)CC3)s1. The molecule has 4 aromatic rings. The minimum absolute atomic E-state index is 0.330.